The van der Waals surface area contributed by atoms with Crippen molar-refractivity contribution in [1.29, 1.82) is 0 Å². The molecule has 0 radical (unpaired) electrons. The van der Waals surface area contributed by atoms with Crippen LogP contribution in [0.5, 0.6) is 0 Å². The number of nitrogens with zero attached hydrogens (tertiary/aromatic N) is 1. The Kier molecular flexibility index (Phi) is 7.86. The van der Waals surface area contributed by atoms with Gasteiger partial charge in [0, 0.05) is 35.8 Å². The zero-order valence-electron chi connectivity index (χ0n) is 19.0. The Labute approximate surface area is 192 Å². The molecule has 178 valence electrons. The largest absolute Gasteiger partial charge is 0.451 e. The number of nitrogens with one attached hydrogen (secondary N) is 1. The van der Waals surface area contributed by atoms with Crippen LogP contribution in [0.4, 0.5) is 14.5 Å². The molecule has 0 spiro atoms. The van der Waals surface area contributed by atoms with Gasteiger partial charge < -0.3 is 9.73 Å². The van der Waals surface area contributed by atoms with Gasteiger partial charge in [-0.25, -0.2) is 17.2 Å². The number of benzene rings is 2. The van der Waals surface area contributed by atoms with E-state index >= 15 is 0 Å². The molecular weight excluding hydrogens is 450 g/mol. The van der Waals surface area contributed by atoms with Crippen molar-refractivity contribution in [2.24, 2.45) is 0 Å². The van der Waals surface area contributed by atoms with Crippen molar-refractivity contribution in [1.82, 2.24) is 4.31 Å². The van der Waals surface area contributed by atoms with E-state index in [-0.39, 0.29) is 16.3 Å². The number of halogens is 2. The first-order valence-electron chi connectivity index (χ1n) is 11.0. The summed E-state index contributed by atoms with van der Waals surface area (Å²) in [5.41, 5.74) is 0.885. The molecule has 0 atom stereocenters. The zero-order chi connectivity index (χ0) is 24.2. The Morgan fingerprint density at radius 3 is 2.27 bits per heavy atom. The van der Waals surface area contributed by atoms with Gasteiger partial charge in [0.05, 0.1) is 4.90 Å². The summed E-state index contributed by atoms with van der Waals surface area (Å²) in [5.74, 6) is -2.78. The number of carbonyl (C=O) groups excluding carboxylic acids is 1. The van der Waals surface area contributed by atoms with Crippen LogP contribution in [0.25, 0.3) is 11.0 Å². The number of hydrogen-bond donors (Lipinski definition) is 1. The number of sulfonamides is 1. The summed E-state index contributed by atoms with van der Waals surface area (Å²) in [6.07, 6.45) is 3.30. The lowest BCUT2D eigenvalue weighted by Gasteiger charge is -2.22. The Hall–Kier alpha value is -2.78. The van der Waals surface area contributed by atoms with Gasteiger partial charge in [-0.3, -0.25) is 4.79 Å². The molecule has 0 bridgehead atoms. The molecule has 3 aromatic rings. The number of aryl methyl sites for hydroxylation is 1. The van der Waals surface area contributed by atoms with Crippen molar-refractivity contribution in [3.8, 4) is 0 Å². The number of hydrogen-bond acceptors (Lipinski definition) is 4. The van der Waals surface area contributed by atoms with Crippen LogP contribution in [0, 0.1) is 18.6 Å². The Morgan fingerprint density at radius 2 is 1.67 bits per heavy atom. The molecule has 0 unspecified atom stereocenters. The summed E-state index contributed by atoms with van der Waals surface area (Å²) in [5, 5.41) is 2.97. The fourth-order valence-electron chi connectivity index (χ4n) is 3.51. The van der Waals surface area contributed by atoms with Gasteiger partial charge in [-0.1, -0.05) is 26.7 Å². The monoisotopic (exact) mass is 478 g/mol. The van der Waals surface area contributed by atoms with E-state index in [0.29, 0.717) is 29.6 Å². The normalized spacial score (nSPS) is 11.9. The van der Waals surface area contributed by atoms with Gasteiger partial charge in [0.2, 0.25) is 10.0 Å². The lowest BCUT2D eigenvalue weighted by atomic mass is 10.1. The van der Waals surface area contributed by atoms with E-state index in [1.165, 1.54) is 28.6 Å². The van der Waals surface area contributed by atoms with Crippen molar-refractivity contribution < 1.29 is 26.4 Å². The summed E-state index contributed by atoms with van der Waals surface area (Å²) >= 11 is 0. The van der Waals surface area contributed by atoms with Crippen molar-refractivity contribution in [3.05, 3.63) is 59.4 Å². The average molecular weight is 479 g/mol. The molecule has 6 nitrogen and oxygen atoms in total. The van der Waals surface area contributed by atoms with Gasteiger partial charge in [0.25, 0.3) is 5.91 Å². The first-order valence-corrected chi connectivity index (χ1v) is 12.4. The predicted octanol–water partition coefficient (Wildman–Crippen LogP) is 5.86. The number of rotatable bonds is 10. The van der Waals surface area contributed by atoms with Crippen molar-refractivity contribution >= 4 is 32.6 Å². The Bertz CT molecular complexity index is 1250. The smallest absolute Gasteiger partial charge is 0.291 e. The second-order valence-electron chi connectivity index (χ2n) is 7.91. The van der Waals surface area contributed by atoms with E-state index in [4.69, 9.17) is 4.42 Å². The van der Waals surface area contributed by atoms with E-state index in [1.807, 2.05) is 13.8 Å². The molecule has 0 aliphatic rings. The average Bonchev–Trinajstić information content (AvgIpc) is 3.12. The fraction of sp³-hybridized carbons (Fsp3) is 0.375. The molecule has 0 saturated heterocycles. The molecular formula is C24H28F2N2O4S. The van der Waals surface area contributed by atoms with Crippen molar-refractivity contribution in [2.75, 3.05) is 18.4 Å². The third kappa shape index (κ3) is 5.42. The molecule has 2 aromatic carbocycles. The first kappa shape index (κ1) is 24.9. The molecule has 1 heterocycles. The summed E-state index contributed by atoms with van der Waals surface area (Å²) in [6.45, 7) is 6.57. The summed E-state index contributed by atoms with van der Waals surface area (Å²) < 4.78 is 60.3. The van der Waals surface area contributed by atoms with Crippen LogP contribution in [-0.2, 0) is 10.0 Å². The number of furan rings is 1. The van der Waals surface area contributed by atoms with Crippen molar-refractivity contribution in [2.45, 2.75) is 51.3 Å². The standard InChI is InChI=1S/C24H28F2N2O4S/c1-4-6-12-28(13-7-5-2)33(30,31)18-9-11-22-19(15-18)16(3)23(32-22)24(29)27-17-8-10-20(25)21(26)14-17/h8-11,14-15H,4-7,12-13H2,1-3H3,(H,27,29). The predicted molar refractivity (Wildman–Crippen MR) is 124 cm³/mol. The maximum absolute atomic E-state index is 13.4. The van der Waals surface area contributed by atoms with Crippen molar-refractivity contribution in [3.63, 3.8) is 0 Å². The lowest BCUT2D eigenvalue weighted by Crippen LogP contribution is -2.33. The first-order chi connectivity index (χ1) is 15.7. The van der Waals surface area contributed by atoms with E-state index in [0.717, 1.165) is 37.8 Å². The Balaban J connectivity index is 1.92. The minimum atomic E-state index is -3.71. The maximum Gasteiger partial charge on any atom is 0.291 e. The molecule has 0 fully saturated rings. The number of unbranched alkanes of at least 4 members (excludes halogenated alkanes) is 2. The number of fused-ring (bicyclic) bond motifs is 1. The zero-order valence-corrected chi connectivity index (χ0v) is 19.8. The van der Waals surface area contributed by atoms with Gasteiger partial charge >= 0.3 is 0 Å². The number of carbonyl (C=O) groups is 1. The van der Waals surface area contributed by atoms with Gasteiger partial charge in [-0.2, -0.15) is 4.31 Å². The van der Waals surface area contributed by atoms with Crippen LogP contribution in [0.2, 0.25) is 0 Å². The molecule has 9 heteroatoms. The van der Waals surface area contributed by atoms with E-state index in [2.05, 4.69) is 5.32 Å². The molecule has 1 N–H and O–H groups in total. The minimum absolute atomic E-state index is 0.0295. The van der Waals surface area contributed by atoms with Gasteiger partial charge in [-0.15, -0.1) is 0 Å². The molecule has 0 aliphatic carbocycles. The highest BCUT2D eigenvalue weighted by Gasteiger charge is 2.26. The summed E-state index contributed by atoms with van der Waals surface area (Å²) in [6, 6.07) is 7.54. The van der Waals surface area contributed by atoms with Crippen LogP contribution < -0.4 is 5.32 Å². The maximum atomic E-state index is 13.4. The van der Waals surface area contributed by atoms with E-state index in [9.17, 15) is 22.0 Å². The molecule has 0 saturated carbocycles. The van der Waals surface area contributed by atoms with E-state index < -0.39 is 27.6 Å². The topological polar surface area (TPSA) is 79.6 Å². The second kappa shape index (κ2) is 10.4. The quantitative estimate of drug-likeness (QED) is 0.396. The highest BCUT2D eigenvalue weighted by Crippen LogP contribution is 2.30. The molecule has 1 amide bonds. The summed E-state index contributed by atoms with van der Waals surface area (Å²) in [7, 11) is -3.71. The molecule has 0 aliphatic heterocycles. The second-order valence-corrected chi connectivity index (χ2v) is 9.85. The van der Waals surface area contributed by atoms with Gasteiger partial charge in [0.1, 0.15) is 5.58 Å². The third-order valence-corrected chi connectivity index (χ3v) is 7.35. The molecule has 1 aromatic heterocycles. The van der Waals surface area contributed by atoms with Crippen LogP contribution in [0.1, 0.15) is 55.6 Å². The van der Waals surface area contributed by atoms with Crippen LogP contribution >= 0.6 is 0 Å². The van der Waals surface area contributed by atoms with E-state index in [1.54, 1.807) is 6.92 Å². The van der Waals surface area contributed by atoms with Gasteiger partial charge in [0.15, 0.2) is 17.4 Å². The lowest BCUT2D eigenvalue weighted by molar-refractivity contribution is 0.0998. The Morgan fingerprint density at radius 1 is 1.00 bits per heavy atom. The molecule has 33 heavy (non-hydrogen) atoms. The van der Waals surface area contributed by atoms with Crippen LogP contribution in [0.3, 0.4) is 0 Å². The van der Waals surface area contributed by atoms with Gasteiger partial charge in [-0.05, 0) is 50.1 Å². The number of anilines is 1. The highest BCUT2D eigenvalue weighted by molar-refractivity contribution is 7.89. The fourth-order valence-corrected chi connectivity index (χ4v) is 5.05. The summed E-state index contributed by atoms with van der Waals surface area (Å²) in [4.78, 5) is 12.8. The molecule has 3 rings (SSSR count). The third-order valence-electron chi connectivity index (χ3n) is 5.45. The minimum Gasteiger partial charge on any atom is -0.451 e. The highest BCUT2D eigenvalue weighted by atomic mass is 32.2. The van der Waals surface area contributed by atoms with Crippen LogP contribution in [-0.4, -0.2) is 31.7 Å². The SMILES string of the molecule is CCCCN(CCCC)S(=O)(=O)c1ccc2oc(C(=O)Nc3ccc(F)c(F)c3)c(C)c2c1. The number of amides is 1. The van der Waals surface area contributed by atoms with Crippen LogP contribution in [0.15, 0.2) is 45.7 Å².